The lowest BCUT2D eigenvalue weighted by molar-refractivity contribution is -0.171. The number of halogens is 1. The van der Waals surface area contributed by atoms with E-state index >= 15 is 0 Å². The summed E-state index contributed by atoms with van der Waals surface area (Å²) in [7, 11) is 0. The Morgan fingerprint density at radius 2 is 1.81 bits per heavy atom. The summed E-state index contributed by atoms with van der Waals surface area (Å²) >= 11 is 5.87. The minimum Gasteiger partial charge on any atom is -0.343 e. The predicted octanol–water partition coefficient (Wildman–Crippen LogP) is 2.28. The van der Waals surface area contributed by atoms with Crippen LogP contribution in [0.2, 0.25) is 5.02 Å². The van der Waals surface area contributed by atoms with Crippen LogP contribution in [-0.4, -0.2) is 19.8 Å². The van der Waals surface area contributed by atoms with Crippen molar-refractivity contribution in [3.63, 3.8) is 0 Å². The number of hydrogen-bond acceptors (Lipinski definition) is 3. The SMILES string of the molecule is NCCCC1(c2ccc(Cl)cc2)OCCO1. The third-order valence-corrected chi connectivity index (χ3v) is 3.00. The molecule has 16 heavy (non-hydrogen) atoms. The Balaban J connectivity index is 2.21. The van der Waals surface area contributed by atoms with Crippen molar-refractivity contribution >= 4 is 11.6 Å². The van der Waals surface area contributed by atoms with Gasteiger partial charge >= 0.3 is 0 Å². The third kappa shape index (κ3) is 2.38. The molecule has 0 amide bonds. The van der Waals surface area contributed by atoms with Gasteiger partial charge in [0.25, 0.3) is 0 Å². The van der Waals surface area contributed by atoms with E-state index in [1.165, 1.54) is 0 Å². The highest BCUT2D eigenvalue weighted by atomic mass is 35.5. The van der Waals surface area contributed by atoms with Crippen LogP contribution in [0.5, 0.6) is 0 Å². The van der Waals surface area contributed by atoms with E-state index < -0.39 is 5.79 Å². The summed E-state index contributed by atoms with van der Waals surface area (Å²) < 4.78 is 11.5. The molecule has 0 aromatic heterocycles. The second-order valence-electron chi connectivity index (χ2n) is 3.85. The molecule has 0 atom stereocenters. The molecule has 0 aliphatic carbocycles. The molecule has 0 bridgehead atoms. The van der Waals surface area contributed by atoms with Gasteiger partial charge in [0.15, 0.2) is 5.79 Å². The van der Waals surface area contributed by atoms with Crippen molar-refractivity contribution in [3.8, 4) is 0 Å². The van der Waals surface area contributed by atoms with E-state index in [4.69, 9.17) is 26.8 Å². The van der Waals surface area contributed by atoms with Gasteiger partial charge in [0.2, 0.25) is 0 Å². The van der Waals surface area contributed by atoms with Gasteiger partial charge < -0.3 is 15.2 Å². The number of rotatable bonds is 4. The average molecular weight is 242 g/mol. The monoisotopic (exact) mass is 241 g/mol. The van der Waals surface area contributed by atoms with Gasteiger partial charge in [-0.25, -0.2) is 0 Å². The third-order valence-electron chi connectivity index (χ3n) is 2.75. The number of nitrogens with two attached hydrogens (primary N) is 1. The molecule has 1 aliphatic heterocycles. The van der Waals surface area contributed by atoms with Crippen LogP contribution >= 0.6 is 11.6 Å². The molecule has 3 nitrogen and oxygen atoms in total. The lowest BCUT2D eigenvalue weighted by Gasteiger charge is -2.27. The van der Waals surface area contributed by atoms with Crippen LogP contribution in [0.25, 0.3) is 0 Å². The van der Waals surface area contributed by atoms with E-state index in [1.807, 2.05) is 24.3 Å². The molecular formula is C12H16ClNO2. The fourth-order valence-corrected chi connectivity index (χ4v) is 2.07. The maximum absolute atomic E-state index is 5.87. The van der Waals surface area contributed by atoms with Crippen molar-refractivity contribution in [1.82, 2.24) is 0 Å². The van der Waals surface area contributed by atoms with Gasteiger partial charge in [-0.2, -0.15) is 0 Å². The van der Waals surface area contributed by atoms with Crippen molar-refractivity contribution < 1.29 is 9.47 Å². The molecule has 1 aromatic rings. The molecule has 0 radical (unpaired) electrons. The van der Waals surface area contributed by atoms with Gasteiger partial charge in [-0.3, -0.25) is 0 Å². The normalized spacial score (nSPS) is 18.9. The van der Waals surface area contributed by atoms with E-state index in [1.54, 1.807) is 0 Å². The maximum Gasteiger partial charge on any atom is 0.195 e. The summed E-state index contributed by atoms with van der Waals surface area (Å²) in [6, 6.07) is 7.60. The minimum atomic E-state index is -0.607. The highest BCUT2D eigenvalue weighted by Gasteiger charge is 2.37. The summed E-state index contributed by atoms with van der Waals surface area (Å²) in [5.41, 5.74) is 6.55. The van der Waals surface area contributed by atoms with Gasteiger partial charge in [-0.1, -0.05) is 23.7 Å². The Morgan fingerprint density at radius 1 is 1.19 bits per heavy atom. The van der Waals surface area contributed by atoms with E-state index in [0.29, 0.717) is 19.8 Å². The van der Waals surface area contributed by atoms with Gasteiger partial charge in [0.1, 0.15) is 0 Å². The lowest BCUT2D eigenvalue weighted by atomic mass is 10.0. The van der Waals surface area contributed by atoms with E-state index in [9.17, 15) is 0 Å². The molecular weight excluding hydrogens is 226 g/mol. The fourth-order valence-electron chi connectivity index (χ4n) is 1.95. The number of hydrogen-bond donors (Lipinski definition) is 1. The molecule has 0 unspecified atom stereocenters. The van der Waals surface area contributed by atoms with Crippen LogP contribution in [0.4, 0.5) is 0 Å². The van der Waals surface area contributed by atoms with Crippen molar-refractivity contribution in [2.75, 3.05) is 19.8 Å². The Morgan fingerprint density at radius 3 is 2.38 bits per heavy atom. The van der Waals surface area contributed by atoms with Crippen molar-refractivity contribution in [2.45, 2.75) is 18.6 Å². The Labute approximate surface area is 100 Å². The van der Waals surface area contributed by atoms with Crippen molar-refractivity contribution in [2.24, 2.45) is 5.73 Å². The summed E-state index contributed by atoms with van der Waals surface area (Å²) in [6.45, 7) is 1.91. The van der Waals surface area contributed by atoms with Crippen LogP contribution < -0.4 is 5.73 Å². The van der Waals surface area contributed by atoms with Crippen LogP contribution in [0.1, 0.15) is 18.4 Å². The molecule has 0 spiro atoms. The first-order valence-electron chi connectivity index (χ1n) is 5.51. The Hall–Kier alpha value is -0.610. The molecule has 2 N–H and O–H groups in total. The topological polar surface area (TPSA) is 44.5 Å². The minimum absolute atomic E-state index is 0.607. The molecule has 4 heteroatoms. The molecule has 1 aromatic carbocycles. The van der Waals surface area contributed by atoms with Gasteiger partial charge in [0, 0.05) is 17.0 Å². The van der Waals surface area contributed by atoms with E-state index in [0.717, 1.165) is 23.4 Å². The van der Waals surface area contributed by atoms with Crippen LogP contribution in [0.3, 0.4) is 0 Å². The van der Waals surface area contributed by atoms with Gasteiger partial charge in [-0.05, 0) is 25.1 Å². The van der Waals surface area contributed by atoms with Crippen LogP contribution in [0.15, 0.2) is 24.3 Å². The quantitative estimate of drug-likeness (QED) is 0.880. The molecule has 0 saturated carbocycles. The standard InChI is InChI=1S/C12H16ClNO2/c13-11-4-2-10(3-5-11)12(6-1-7-14)15-8-9-16-12/h2-5H,1,6-9,14H2. The summed E-state index contributed by atoms with van der Waals surface area (Å²) in [6.07, 6.45) is 1.66. The van der Waals surface area contributed by atoms with Crippen molar-refractivity contribution in [3.05, 3.63) is 34.9 Å². The zero-order chi connectivity index (χ0) is 11.4. The first kappa shape index (κ1) is 11.9. The van der Waals surface area contributed by atoms with Crippen LogP contribution in [0, 0.1) is 0 Å². The number of benzene rings is 1. The molecule has 1 fully saturated rings. The van der Waals surface area contributed by atoms with Crippen LogP contribution in [-0.2, 0) is 15.3 Å². The average Bonchev–Trinajstić information content (AvgIpc) is 2.77. The smallest absolute Gasteiger partial charge is 0.195 e. The van der Waals surface area contributed by atoms with E-state index in [2.05, 4.69) is 0 Å². The number of ether oxygens (including phenoxy) is 2. The Bertz CT molecular complexity index is 333. The first-order valence-corrected chi connectivity index (χ1v) is 5.89. The van der Waals surface area contributed by atoms with Gasteiger partial charge in [-0.15, -0.1) is 0 Å². The van der Waals surface area contributed by atoms with Gasteiger partial charge in [0.05, 0.1) is 13.2 Å². The zero-order valence-electron chi connectivity index (χ0n) is 9.12. The fraction of sp³-hybridized carbons (Fsp3) is 0.500. The largest absolute Gasteiger partial charge is 0.343 e. The molecule has 88 valence electrons. The molecule has 1 heterocycles. The highest BCUT2D eigenvalue weighted by Crippen LogP contribution is 2.36. The van der Waals surface area contributed by atoms with E-state index in [-0.39, 0.29) is 0 Å². The Kier molecular flexibility index (Phi) is 3.82. The second kappa shape index (κ2) is 5.15. The molecule has 1 aliphatic rings. The van der Waals surface area contributed by atoms with Crippen molar-refractivity contribution in [1.29, 1.82) is 0 Å². The molecule has 1 saturated heterocycles. The lowest BCUT2D eigenvalue weighted by Crippen LogP contribution is -2.28. The highest BCUT2D eigenvalue weighted by molar-refractivity contribution is 6.30. The first-order chi connectivity index (χ1) is 7.77. The second-order valence-corrected chi connectivity index (χ2v) is 4.29. The predicted molar refractivity (Wildman–Crippen MR) is 63.3 cm³/mol. The summed E-state index contributed by atoms with van der Waals surface area (Å²) in [5, 5.41) is 0.718. The summed E-state index contributed by atoms with van der Waals surface area (Å²) in [5.74, 6) is -0.607. The maximum atomic E-state index is 5.87. The zero-order valence-corrected chi connectivity index (χ0v) is 9.87. The molecule has 2 rings (SSSR count). The summed E-state index contributed by atoms with van der Waals surface area (Å²) in [4.78, 5) is 0.